The van der Waals surface area contributed by atoms with Crippen molar-refractivity contribution < 1.29 is 9.53 Å². The molecular formula is C18H25ClN2O2. The van der Waals surface area contributed by atoms with E-state index in [0.29, 0.717) is 6.54 Å². The highest BCUT2D eigenvalue weighted by Crippen LogP contribution is 2.29. The van der Waals surface area contributed by atoms with Crippen LogP contribution in [-0.4, -0.2) is 43.7 Å². The lowest BCUT2D eigenvalue weighted by Gasteiger charge is -2.35. The summed E-state index contributed by atoms with van der Waals surface area (Å²) in [4.78, 5) is 14.7. The molecule has 1 N–H and O–H groups in total. The number of hydrogen-bond acceptors (Lipinski definition) is 3. The third-order valence-electron chi connectivity index (χ3n) is 4.95. The first kappa shape index (κ1) is 16.7. The van der Waals surface area contributed by atoms with Crippen molar-refractivity contribution in [2.24, 2.45) is 5.92 Å². The Morgan fingerprint density at radius 1 is 1.26 bits per heavy atom. The Morgan fingerprint density at radius 3 is 2.65 bits per heavy atom. The van der Waals surface area contributed by atoms with Crippen LogP contribution in [0.5, 0.6) is 0 Å². The number of morpholine rings is 1. The normalized spacial score (nSPS) is 21.3. The zero-order valence-corrected chi connectivity index (χ0v) is 14.2. The van der Waals surface area contributed by atoms with E-state index in [1.54, 1.807) is 0 Å². The van der Waals surface area contributed by atoms with Crippen LogP contribution >= 0.6 is 11.6 Å². The fraction of sp³-hybridized carbons (Fsp3) is 0.611. The molecule has 1 amide bonds. The van der Waals surface area contributed by atoms with E-state index in [-0.39, 0.29) is 17.9 Å². The van der Waals surface area contributed by atoms with Crippen LogP contribution in [0.1, 0.15) is 37.3 Å². The third kappa shape index (κ3) is 4.25. The minimum absolute atomic E-state index is 0.109. The highest BCUT2D eigenvalue weighted by molar-refractivity contribution is 6.31. The number of benzene rings is 1. The van der Waals surface area contributed by atoms with Crippen LogP contribution in [0.25, 0.3) is 0 Å². The first-order valence-electron chi connectivity index (χ1n) is 8.59. The molecule has 1 aliphatic carbocycles. The molecule has 1 saturated heterocycles. The molecule has 2 fully saturated rings. The SMILES string of the molecule is O=C(NCC(c1ccccc1Cl)N1CCOCC1)C1CCCC1. The van der Waals surface area contributed by atoms with Gasteiger partial charge in [0.05, 0.1) is 19.3 Å². The molecule has 1 aromatic rings. The van der Waals surface area contributed by atoms with Crippen LogP contribution in [0, 0.1) is 5.92 Å². The number of nitrogens with zero attached hydrogens (tertiary/aromatic N) is 1. The molecule has 4 nitrogen and oxygen atoms in total. The maximum absolute atomic E-state index is 12.4. The number of ether oxygens (including phenoxy) is 1. The highest BCUT2D eigenvalue weighted by Gasteiger charge is 2.27. The molecule has 1 atom stereocenters. The average Bonchev–Trinajstić information content (AvgIpc) is 3.12. The van der Waals surface area contributed by atoms with Crippen LogP contribution in [0.3, 0.4) is 0 Å². The standard InChI is InChI=1S/C18H25ClN2O2/c19-16-8-4-3-7-15(16)17(21-9-11-23-12-10-21)13-20-18(22)14-5-1-2-6-14/h3-4,7-8,14,17H,1-2,5-6,9-13H2,(H,20,22). The molecule has 126 valence electrons. The van der Waals surface area contributed by atoms with Gasteiger partial charge in [-0.25, -0.2) is 0 Å². The van der Waals surface area contributed by atoms with Gasteiger partial charge in [0.25, 0.3) is 0 Å². The molecule has 1 unspecified atom stereocenters. The first-order valence-corrected chi connectivity index (χ1v) is 8.97. The molecule has 1 heterocycles. The van der Waals surface area contributed by atoms with Gasteiger partial charge in [-0.05, 0) is 24.5 Å². The minimum atomic E-state index is 0.109. The fourth-order valence-corrected chi connectivity index (χ4v) is 3.86. The van der Waals surface area contributed by atoms with Gasteiger partial charge in [0, 0.05) is 30.6 Å². The van der Waals surface area contributed by atoms with Crippen molar-refractivity contribution in [1.82, 2.24) is 10.2 Å². The predicted octanol–water partition coefficient (Wildman–Crippen LogP) is 3.02. The van der Waals surface area contributed by atoms with Crippen molar-refractivity contribution in [2.45, 2.75) is 31.7 Å². The average molecular weight is 337 g/mol. The van der Waals surface area contributed by atoms with Crippen LogP contribution < -0.4 is 5.32 Å². The Balaban J connectivity index is 1.69. The van der Waals surface area contributed by atoms with Gasteiger partial charge in [0.15, 0.2) is 0 Å². The van der Waals surface area contributed by atoms with Crippen molar-refractivity contribution in [2.75, 3.05) is 32.8 Å². The molecule has 3 rings (SSSR count). The number of hydrogen-bond donors (Lipinski definition) is 1. The second kappa shape index (κ2) is 8.13. The van der Waals surface area contributed by atoms with Crippen molar-refractivity contribution in [3.05, 3.63) is 34.9 Å². The Bertz CT molecular complexity index is 526. The van der Waals surface area contributed by atoms with Gasteiger partial charge in [-0.2, -0.15) is 0 Å². The molecule has 0 bridgehead atoms. The van der Waals surface area contributed by atoms with Crippen molar-refractivity contribution in [3.63, 3.8) is 0 Å². The molecule has 0 radical (unpaired) electrons. The fourth-order valence-electron chi connectivity index (χ4n) is 3.60. The first-order chi connectivity index (χ1) is 11.3. The summed E-state index contributed by atoms with van der Waals surface area (Å²) in [6, 6.07) is 8.04. The summed E-state index contributed by atoms with van der Waals surface area (Å²) in [6.45, 7) is 3.82. The smallest absolute Gasteiger partial charge is 0.223 e. The number of amides is 1. The zero-order chi connectivity index (χ0) is 16.1. The largest absolute Gasteiger partial charge is 0.379 e. The summed E-state index contributed by atoms with van der Waals surface area (Å²) < 4.78 is 5.46. The van der Waals surface area contributed by atoms with Gasteiger partial charge in [-0.1, -0.05) is 42.6 Å². The summed E-state index contributed by atoms with van der Waals surface area (Å²) in [6.07, 6.45) is 4.41. The van der Waals surface area contributed by atoms with Crippen LogP contribution in [0.4, 0.5) is 0 Å². The maximum Gasteiger partial charge on any atom is 0.223 e. The topological polar surface area (TPSA) is 41.6 Å². The lowest BCUT2D eigenvalue weighted by atomic mass is 10.0. The van der Waals surface area contributed by atoms with E-state index in [4.69, 9.17) is 16.3 Å². The molecular weight excluding hydrogens is 312 g/mol. The van der Waals surface area contributed by atoms with Crippen molar-refractivity contribution in [3.8, 4) is 0 Å². The lowest BCUT2D eigenvalue weighted by molar-refractivity contribution is -0.125. The second-order valence-corrected chi connectivity index (χ2v) is 6.82. The molecule has 5 heteroatoms. The second-order valence-electron chi connectivity index (χ2n) is 6.41. The van der Waals surface area contributed by atoms with Gasteiger partial charge in [-0.3, -0.25) is 9.69 Å². The minimum Gasteiger partial charge on any atom is -0.379 e. The Morgan fingerprint density at radius 2 is 1.96 bits per heavy atom. The van der Waals surface area contributed by atoms with E-state index >= 15 is 0 Å². The zero-order valence-electron chi connectivity index (χ0n) is 13.5. The van der Waals surface area contributed by atoms with Crippen molar-refractivity contribution in [1.29, 1.82) is 0 Å². The van der Waals surface area contributed by atoms with Gasteiger partial charge < -0.3 is 10.1 Å². The molecule has 0 spiro atoms. The summed E-state index contributed by atoms with van der Waals surface area (Å²) in [5.74, 6) is 0.402. The number of rotatable bonds is 5. The Hall–Kier alpha value is -1.10. The molecule has 0 aromatic heterocycles. The van der Waals surface area contributed by atoms with Gasteiger partial charge in [-0.15, -0.1) is 0 Å². The van der Waals surface area contributed by atoms with Gasteiger partial charge in [0.1, 0.15) is 0 Å². The monoisotopic (exact) mass is 336 g/mol. The van der Waals surface area contributed by atoms with Gasteiger partial charge in [0.2, 0.25) is 5.91 Å². The summed E-state index contributed by atoms with van der Waals surface area (Å²) in [5.41, 5.74) is 1.09. The Kier molecular flexibility index (Phi) is 5.92. The summed E-state index contributed by atoms with van der Waals surface area (Å²) >= 11 is 6.41. The number of carbonyl (C=O) groups is 1. The molecule has 23 heavy (non-hydrogen) atoms. The highest BCUT2D eigenvalue weighted by atomic mass is 35.5. The molecule has 1 aromatic carbocycles. The summed E-state index contributed by atoms with van der Waals surface area (Å²) in [5, 5.41) is 3.93. The summed E-state index contributed by atoms with van der Waals surface area (Å²) in [7, 11) is 0. The van der Waals surface area contributed by atoms with Gasteiger partial charge >= 0.3 is 0 Å². The van der Waals surface area contributed by atoms with E-state index in [0.717, 1.165) is 49.7 Å². The van der Waals surface area contributed by atoms with Crippen LogP contribution in [0.15, 0.2) is 24.3 Å². The lowest BCUT2D eigenvalue weighted by Crippen LogP contribution is -2.44. The maximum atomic E-state index is 12.4. The van der Waals surface area contributed by atoms with E-state index in [2.05, 4.69) is 16.3 Å². The van der Waals surface area contributed by atoms with Crippen molar-refractivity contribution >= 4 is 17.5 Å². The third-order valence-corrected chi connectivity index (χ3v) is 5.29. The molecule has 1 saturated carbocycles. The van der Waals surface area contributed by atoms with E-state index in [1.807, 2.05) is 18.2 Å². The van der Waals surface area contributed by atoms with E-state index < -0.39 is 0 Å². The van der Waals surface area contributed by atoms with E-state index in [9.17, 15) is 4.79 Å². The van der Waals surface area contributed by atoms with Crippen LogP contribution in [-0.2, 0) is 9.53 Å². The predicted molar refractivity (Wildman–Crippen MR) is 91.6 cm³/mol. The number of halogens is 1. The molecule has 2 aliphatic rings. The number of nitrogens with one attached hydrogen (secondary N) is 1. The number of carbonyl (C=O) groups excluding carboxylic acids is 1. The van der Waals surface area contributed by atoms with Crippen LogP contribution in [0.2, 0.25) is 5.02 Å². The van der Waals surface area contributed by atoms with E-state index in [1.165, 1.54) is 12.8 Å². The molecule has 1 aliphatic heterocycles. The Labute approximate surface area is 143 Å². The quantitative estimate of drug-likeness (QED) is 0.898.